The molecule has 0 aliphatic rings. The van der Waals surface area contributed by atoms with Crippen molar-refractivity contribution in [1.82, 2.24) is 20.0 Å². The van der Waals surface area contributed by atoms with Crippen LogP contribution < -0.4 is 15.6 Å². The maximum atomic E-state index is 12.5. The third-order valence-corrected chi connectivity index (χ3v) is 5.28. The molecule has 156 valence electrons. The summed E-state index contributed by atoms with van der Waals surface area (Å²) in [5.74, 6) is 0.275. The maximum absolute atomic E-state index is 12.5. The lowest BCUT2D eigenvalue weighted by Gasteiger charge is -2.08. The average molecular weight is 433 g/mol. The number of methoxy groups -OCH3 is 1. The average Bonchev–Trinajstić information content (AvgIpc) is 3.22. The van der Waals surface area contributed by atoms with Gasteiger partial charge in [-0.2, -0.15) is 5.10 Å². The van der Waals surface area contributed by atoms with Crippen LogP contribution in [0.2, 0.25) is 0 Å². The molecule has 1 amide bonds. The number of hydrogen-bond acceptors (Lipinski definition) is 7. The van der Waals surface area contributed by atoms with Crippen LogP contribution in [0.1, 0.15) is 10.6 Å². The minimum atomic E-state index is -0.403. The van der Waals surface area contributed by atoms with Crippen molar-refractivity contribution >= 4 is 22.4 Å². The molecule has 0 saturated heterocycles. The Kier molecular flexibility index (Phi) is 6.13. The van der Waals surface area contributed by atoms with Crippen molar-refractivity contribution in [2.24, 2.45) is 0 Å². The summed E-state index contributed by atoms with van der Waals surface area (Å²) in [5.41, 5.74) is 2.08. The summed E-state index contributed by atoms with van der Waals surface area (Å²) in [6.07, 6.45) is 0.637. The fourth-order valence-corrected chi connectivity index (χ4v) is 3.73. The molecular formula is C22H19N5O3S. The molecule has 0 unspecified atom stereocenters. The van der Waals surface area contributed by atoms with Gasteiger partial charge in [0.1, 0.15) is 17.3 Å². The van der Waals surface area contributed by atoms with Gasteiger partial charge >= 0.3 is 0 Å². The first-order valence-corrected chi connectivity index (χ1v) is 10.3. The van der Waals surface area contributed by atoms with Crippen LogP contribution in [0.25, 0.3) is 11.3 Å². The van der Waals surface area contributed by atoms with Gasteiger partial charge in [-0.1, -0.05) is 53.8 Å². The zero-order chi connectivity index (χ0) is 21.6. The molecule has 31 heavy (non-hydrogen) atoms. The number of nitrogens with one attached hydrogen (secondary N) is 1. The first-order valence-electron chi connectivity index (χ1n) is 9.49. The minimum absolute atomic E-state index is 0.232. The van der Waals surface area contributed by atoms with Crippen molar-refractivity contribution in [3.8, 4) is 17.0 Å². The van der Waals surface area contributed by atoms with Crippen LogP contribution in [0.3, 0.4) is 0 Å². The van der Waals surface area contributed by atoms with Gasteiger partial charge in [-0.25, -0.2) is 4.68 Å². The molecule has 0 spiro atoms. The van der Waals surface area contributed by atoms with E-state index < -0.39 is 5.91 Å². The fraction of sp³-hybridized carbons (Fsp3) is 0.136. The first-order chi connectivity index (χ1) is 15.1. The Bertz CT molecular complexity index is 1250. The largest absolute Gasteiger partial charge is 0.497 e. The van der Waals surface area contributed by atoms with Crippen LogP contribution in [0, 0.1) is 0 Å². The molecule has 0 aliphatic heterocycles. The van der Waals surface area contributed by atoms with E-state index in [2.05, 4.69) is 20.6 Å². The number of nitrogens with zero attached hydrogens (tertiary/aromatic N) is 4. The summed E-state index contributed by atoms with van der Waals surface area (Å²) in [6, 6.07) is 20.2. The lowest BCUT2D eigenvalue weighted by Crippen LogP contribution is -2.29. The molecule has 1 N–H and O–H groups in total. The van der Waals surface area contributed by atoms with Crippen LogP contribution in [0.15, 0.2) is 71.5 Å². The highest BCUT2D eigenvalue weighted by atomic mass is 32.1. The Morgan fingerprint density at radius 2 is 1.90 bits per heavy atom. The summed E-state index contributed by atoms with van der Waals surface area (Å²) < 4.78 is 6.35. The van der Waals surface area contributed by atoms with Crippen LogP contribution >= 0.6 is 11.3 Å². The molecule has 0 fully saturated rings. The summed E-state index contributed by atoms with van der Waals surface area (Å²) in [5, 5.41) is 16.3. The lowest BCUT2D eigenvalue weighted by atomic mass is 10.1. The SMILES string of the molecule is COc1cccc(-c2ccc(=O)n(CC(=O)Nc3nnc(Cc4ccccc4)s3)n2)c1. The number of benzene rings is 2. The van der Waals surface area contributed by atoms with E-state index in [0.717, 1.165) is 20.8 Å². The van der Waals surface area contributed by atoms with Gasteiger partial charge in [-0.05, 0) is 23.8 Å². The Labute approximate surface area is 182 Å². The van der Waals surface area contributed by atoms with Crippen molar-refractivity contribution in [2.75, 3.05) is 12.4 Å². The second-order valence-corrected chi connectivity index (χ2v) is 7.72. The van der Waals surface area contributed by atoms with Gasteiger partial charge in [0.15, 0.2) is 0 Å². The van der Waals surface area contributed by atoms with Gasteiger partial charge in [0.25, 0.3) is 5.56 Å². The van der Waals surface area contributed by atoms with E-state index in [-0.39, 0.29) is 12.1 Å². The summed E-state index contributed by atoms with van der Waals surface area (Å²) >= 11 is 1.30. The predicted octanol–water partition coefficient (Wildman–Crippen LogP) is 3.00. The number of amides is 1. The topological polar surface area (TPSA) is 99.0 Å². The third kappa shape index (κ3) is 5.20. The van der Waals surface area contributed by atoms with Gasteiger partial charge in [-0.3, -0.25) is 14.9 Å². The number of anilines is 1. The number of ether oxygens (including phenoxy) is 1. The Morgan fingerprint density at radius 1 is 1.06 bits per heavy atom. The number of carbonyl (C=O) groups excluding carboxylic acids is 1. The molecule has 4 rings (SSSR count). The molecule has 2 aromatic heterocycles. The Balaban J connectivity index is 1.44. The quantitative estimate of drug-likeness (QED) is 0.481. The molecule has 2 aromatic carbocycles. The molecule has 0 aliphatic carbocycles. The van der Waals surface area contributed by atoms with Crippen molar-refractivity contribution in [3.05, 3.63) is 87.7 Å². The van der Waals surface area contributed by atoms with E-state index in [1.54, 1.807) is 13.2 Å². The van der Waals surface area contributed by atoms with Gasteiger partial charge in [-0.15, -0.1) is 10.2 Å². The number of hydrogen-bond donors (Lipinski definition) is 1. The summed E-state index contributed by atoms with van der Waals surface area (Å²) in [6.45, 7) is -0.232. The van der Waals surface area contributed by atoms with Crippen LogP contribution in [0.4, 0.5) is 5.13 Å². The Morgan fingerprint density at radius 3 is 2.71 bits per heavy atom. The minimum Gasteiger partial charge on any atom is -0.497 e. The fourth-order valence-electron chi connectivity index (χ4n) is 2.94. The van der Waals surface area contributed by atoms with Crippen LogP contribution in [0.5, 0.6) is 5.75 Å². The summed E-state index contributed by atoms with van der Waals surface area (Å²) in [4.78, 5) is 24.6. The molecule has 9 heteroatoms. The van der Waals surface area contributed by atoms with E-state index in [1.165, 1.54) is 17.4 Å². The predicted molar refractivity (Wildman–Crippen MR) is 118 cm³/mol. The second kappa shape index (κ2) is 9.31. The highest BCUT2D eigenvalue weighted by Crippen LogP contribution is 2.21. The third-order valence-electron chi connectivity index (χ3n) is 4.44. The van der Waals surface area contributed by atoms with E-state index in [9.17, 15) is 9.59 Å². The maximum Gasteiger partial charge on any atom is 0.267 e. The molecule has 8 nitrogen and oxygen atoms in total. The zero-order valence-electron chi connectivity index (χ0n) is 16.7. The van der Waals surface area contributed by atoms with E-state index in [4.69, 9.17) is 4.74 Å². The van der Waals surface area contributed by atoms with Gasteiger partial charge in [0.2, 0.25) is 11.0 Å². The number of aromatic nitrogens is 4. The van der Waals surface area contributed by atoms with Crippen molar-refractivity contribution in [2.45, 2.75) is 13.0 Å². The first kappa shape index (κ1) is 20.4. The Hall–Kier alpha value is -3.85. The van der Waals surface area contributed by atoms with E-state index in [0.29, 0.717) is 23.0 Å². The standard InChI is InChI=1S/C22H19N5O3S/c1-30-17-9-5-8-16(13-17)18-10-11-21(29)27(26-18)14-19(28)23-22-25-24-20(31-22)12-15-6-3-2-4-7-15/h2-11,13H,12,14H2,1H3,(H,23,25,28). The zero-order valence-corrected chi connectivity index (χ0v) is 17.5. The highest BCUT2D eigenvalue weighted by molar-refractivity contribution is 7.15. The molecule has 0 radical (unpaired) electrons. The van der Waals surface area contributed by atoms with Crippen molar-refractivity contribution in [3.63, 3.8) is 0 Å². The van der Waals surface area contributed by atoms with Gasteiger partial charge in [0.05, 0.1) is 12.8 Å². The molecular weight excluding hydrogens is 414 g/mol. The van der Waals surface area contributed by atoms with Gasteiger partial charge < -0.3 is 4.74 Å². The van der Waals surface area contributed by atoms with Crippen LogP contribution in [-0.2, 0) is 17.8 Å². The molecule has 0 bridgehead atoms. The monoisotopic (exact) mass is 433 g/mol. The molecule has 4 aromatic rings. The molecule has 2 heterocycles. The van der Waals surface area contributed by atoms with E-state index >= 15 is 0 Å². The van der Waals surface area contributed by atoms with Crippen molar-refractivity contribution in [1.29, 1.82) is 0 Å². The van der Waals surface area contributed by atoms with Crippen molar-refractivity contribution < 1.29 is 9.53 Å². The number of rotatable bonds is 7. The summed E-state index contributed by atoms with van der Waals surface area (Å²) in [7, 11) is 1.58. The molecule has 0 saturated carbocycles. The van der Waals surface area contributed by atoms with Crippen LogP contribution in [-0.4, -0.2) is 33.0 Å². The lowest BCUT2D eigenvalue weighted by molar-refractivity contribution is -0.117. The van der Waals surface area contributed by atoms with E-state index in [1.807, 2.05) is 54.6 Å². The molecule has 0 atom stereocenters. The van der Waals surface area contributed by atoms with Gasteiger partial charge in [0, 0.05) is 18.1 Å². The highest BCUT2D eigenvalue weighted by Gasteiger charge is 2.12. The smallest absolute Gasteiger partial charge is 0.267 e. The number of carbonyl (C=O) groups is 1. The second-order valence-electron chi connectivity index (χ2n) is 6.66. The normalized spacial score (nSPS) is 10.6.